The summed E-state index contributed by atoms with van der Waals surface area (Å²) in [5.41, 5.74) is 0.557. The molecule has 1 amide bonds. The lowest BCUT2D eigenvalue weighted by atomic mass is 10.0. The van der Waals surface area contributed by atoms with Gasteiger partial charge in [0.2, 0.25) is 5.95 Å². The number of amides is 1. The van der Waals surface area contributed by atoms with Crippen molar-refractivity contribution < 1.29 is 14.3 Å². The summed E-state index contributed by atoms with van der Waals surface area (Å²) in [5, 5.41) is 0. The van der Waals surface area contributed by atoms with Crippen LogP contribution in [0.25, 0.3) is 0 Å². The van der Waals surface area contributed by atoms with Crippen molar-refractivity contribution in [1.82, 2.24) is 14.9 Å². The van der Waals surface area contributed by atoms with E-state index in [9.17, 15) is 4.79 Å². The fourth-order valence-electron chi connectivity index (χ4n) is 3.47. The zero-order valence-electron chi connectivity index (χ0n) is 15.2. The van der Waals surface area contributed by atoms with Crippen LogP contribution in [-0.2, 0) is 9.47 Å². The van der Waals surface area contributed by atoms with E-state index in [0.29, 0.717) is 24.7 Å². The quantitative estimate of drug-likeness (QED) is 0.784. The Hall–Kier alpha value is -1.73. The Kier molecular flexibility index (Phi) is 5.86. The lowest BCUT2D eigenvalue weighted by Crippen LogP contribution is -2.45. The second kappa shape index (κ2) is 8.10. The van der Waals surface area contributed by atoms with E-state index in [1.54, 1.807) is 12.4 Å². The maximum Gasteiger partial charge on any atom is 0.256 e. The van der Waals surface area contributed by atoms with E-state index in [4.69, 9.17) is 9.47 Å². The molecular formula is C18H28N4O3. The molecule has 2 saturated heterocycles. The van der Waals surface area contributed by atoms with Crippen LogP contribution in [0, 0.1) is 0 Å². The van der Waals surface area contributed by atoms with E-state index >= 15 is 0 Å². The van der Waals surface area contributed by atoms with E-state index in [1.807, 2.05) is 4.90 Å². The van der Waals surface area contributed by atoms with Crippen molar-refractivity contribution in [3.8, 4) is 0 Å². The van der Waals surface area contributed by atoms with Gasteiger partial charge in [0.25, 0.3) is 5.91 Å². The average Bonchev–Trinajstić information content (AvgIpc) is 3.10. The summed E-state index contributed by atoms with van der Waals surface area (Å²) in [6.07, 6.45) is 6.83. The molecule has 7 nitrogen and oxygen atoms in total. The fourth-order valence-corrected chi connectivity index (χ4v) is 3.47. The predicted octanol–water partition coefficient (Wildman–Crippen LogP) is 2.08. The minimum atomic E-state index is -0.396. The van der Waals surface area contributed by atoms with Crippen LogP contribution < -0.4 is 4.90 Å². The first-order valence-electron chi connectivity index (χ1n) is 9.31. The number of carbonyl (C=O) groups is 1. The largest absolute Gasteiger partial charge is 0.347 e. The molecule has 0 atom stereocenters. The predicted molar refractivity (Wildman–Crippen MR) is 94.6 cm³/mol. The molecule has 0 aliphatic carbocycles. The van der Waals surface area contributed by atoms with Gasteiger partial charge in [-0.2, -0.15) is 0 Å². The Bertz CT molecular complexity index is 556. The van der Waals surface area contributed by atoms with Crippen LogP contribution in [0.2, 0.25) is 0 Å². The molecule has 7 heteroatoms. The number of piperidine rings is 1. The highest BCUT2D eigenvalue weighted by atomic mass is 16.7. The maximum absolute atomic E-state index is 12.6. The minimum Gasteiger partial charge on any atom is -0.347 e. The van der Waals surface area contributed by atoms with Gasteiger partial charge in [-0.3, -0.25) is 4.79 Å². The Labute approximate surface area is 149 Å². The number of aromatic nitrogens is 2. The number of carbonyl (C=O) groups excluding carboxylic acids is 1. The highest BCUT2D eigenvalue weighted by Crippen LogP contribution is 2.32. The molecule has 138 valence electrons. The van der Waals surface area contributed by atoms with Crippen molar-refractivity contribution in [2.24, 2.45) is 0 Å². The van der Waals surface area contributed by atoms with Crippen LogP contribution >= 0.6 is 0 Å². The Morgan fingerprint density at radius 1 is 1.12 bits per heavy atom. The molecular weight excluding hydrogens is 320 g/mol. The van der Waals surface area contributed by atoms with E-state index < -0.39 is 5.79 Å². The molecule has 3 rings (SSSR count). The van der Waals surface area contributed by atoms with Crippen LogP contribution in [0.5, 0.6) is 0 Å². The fraction of sp³-hybridized carbons (Fsp3) is 0.722. The molecule has 2 aliphatic rings. The molecule has 0 radical (unpaired) electrons. The molecule has 1 spiro atoms. The van der Waals surface area contributed by atoms with Crippen LogP contribution in [0.4, 0.5) is 5.95 Å². The van der Waals surface area contributed by atoms with Crippen LogP contribution in [-0.4, -0.2) is 66.0 Å². The number of anilines is 1. The highest BCUT2D eigenvalue weighted by molar-refractivity contribution is 5.93. The zero-order chi connectivity index (χ0) is 17.7. The van der Waals surface area contributed by atoms with Crippen molar-refractivity contribution in [3.05, 3.63) is 18.0 Å². The normalized spacial score (nSPS) is 19.4. The van der Waals surface area contributed by atoms with Gasteiger partial charge in [-0.1, -0.05) is 13.8 Å². The lowest BCUT2D eigenvalue weighted by molar-refractivity contribution is -0.169. The van der Waals surface area contributed by atoms with Gasteiger partial charge in [0.1, 0.15) is 0 Å². The van der Waals surface area contributed by atoms with Crippen LogP contribution in [0.1, 0.15) is 49.9 Å². The van der Waals surface area contributed by atoms with Gasteiger partial charge < -0.3 is 19.3 Å². The summed E-state index contributed by atoms with van der Waals surface area (Å²) in [6, 6.07) is 0. The Balaban J connectivity index is 1.61. The van der Waals surface area contributed by atoms with Crippen molar-refractivity contribution in [2.75, 3.05) is 44.3 Å². The molecule has 1 aromatic rings. The summed E-state index contributed by atoms with van der Waals surface area (Å²) >= 11 is 0. The van der Waals surface area contributed by atoms with E-state index in [0.717, 1.165) is 51.9 Å². The number of hydrogen-bond donors (Lipinski definition) is 0. The molecule has 2 aliphatic heterocycles. The summed E-state index contributed by atoms with van der Waals surface area (Å²) in [4.78, 5) is 25.4. The lowest BCUT2D eigenvalue weighted by Gasteiger charge is -2.37. The third-order valence-electron chi connectivity index (χ3n) is 4.78. The SMILES string of the molecule is CCCN(CCC)C(=O)c1cnc(N2CCC3(CC2)OCCO3)nc1. The zero-order valence-corrected chi connectivity index (χ0v) is 15.2. The first kappa shape index (κ1) is 18.1. The van der Waals surface area contributed by atoms with E-state index in [2.05, 4.69) is 28.7 Å². The smallest absolute Gasteiger partial charge is 0.256 e. The summed E-state index contributed by atoms with van der Waals surface area (Å²) in [6.45, 7) is 8.65. The third kappa shape index (κ3) is 4.10. The molecule has 0 aromatic carbocycles. The first-order valence-corrected chi connectivity index (χ1v) is 9.31. The topological polar surface area (TPSA) is 67.8 Å². The van der Waals surface area contributed by atoms with Gasteiger partial charge in [-0.25, -0.2) is 9.97 Å². The van der Waals surface area contributed by atoms with Gasteiger partial charge in [-0.15, -0.1) is 0 Å². The van der Waals surface area contributed by atoms with Gasteiger partial charge in [0.05, 0.1) is 18.8 Å². The van der Waals surface area contributed by atoms with E-state index in [-0.39, 0.29) is 5.91 Å². The summed E-state index contributed by atoms with van der Waals surface area (Å²) in [7, 11) is 0. The molecule has 1 aromatic heterocycles. The monoisotopic (exact) mass is 348 g/mol. The highest BCUT2D eigenvalue weighted by Gasteiger charge is 2.40. The maximum atomic E-state index is 12.6. The molecule has 0 bridgehead atoms. The number of rotatable bonds is 6. The van der Waals surface area contributed by atoms with Crippen molar-refractivity contribution in [1.29, 1.82) is 0 Å². The summed E-state index contributed by atoms with van der Waals surface area (Å²) in [5.74, 6) is 0.287. The Morgan fingerprint density at radius 3 is 2.20 bits per heavy atom. The first-order chi connectivity index (χ1) is 12.2. The number of ether oxygens (including phenoxy) is 2. The van der Waals surface area contributed by atoms with Crippen molar-refractivity contribution >= 4 is 11.9 Å². The molecule has 0 unspecified atom stereocenters. The molecule has 3 heterocycles. The average molecular weight is 348 g/mol. The number of hydrogen-bond acceptors (Lipinski definition) is 6. The molecule has 0 N–H and O–H groups in total. The molecule has 2 fully saturated rings. The second-order valence-corrected chi connectivity index (χ2v) is 6.66. The van der Waals surface area contributed by atoms with Crippen LogP contribution in [0.3, 0.4) is 0 Å². The number of nitrogens with zero attached hydrogens (tertiary/aromatic N) is 4. The molecule has 25 heavy (non-hydrogen) atoms. The second-order valence-electron chi connectivity index (χ2n) is 6.66. The van der Waals surface area contributed by atoms with E-state index in [1.165, 1.54) is 0 Å². The summed E-state index contributed by atoms with van der Waals surface area (Å²) < 4.78 is 11.5. The molecule has 0 saturated carbocycles. The minimum absolute atomic E-state index is 0.0144. The van der Waals surface area contributed by atoms with Gasteiger partial charge in [0, 0.05) is 51.4 Å². The van der Waals surface area contributed by atoms with Gasteiger partial charge >= 0.3 is 0 Å². The van der Waals surface area contributed by atoms with Crippen molar-refractivity contribution in [2.45, 2.75) is 45.3 Å². The Morgan fingerprint density at radius 2 is 1.68 bits per heavy atom. The third-order valence-corrected chi connectivity index (χ3v) is 4.78. The standard InChI is InChI=1S/C18H28N4O3/c1-3-7-21(8-4-2)16(23)15-13-19-17(20-14-15)22-9-5-18(6-10-22)24-11-12-25-18/h13-14H,3-12H2,1-2H3. The van der Waals surface area contributed by atoms with Crippen molar-refractivity contribution in [3.63, 3.8) is 0 Å². The van der Waals surface area contributed by atoms with Crippen LogP contribution in [0.15, 0.2) is 12.4 Å². The van der Waals surface area contributed by atoms with Gasteiger partial charge in [0.15, 0.2) is 5.79 Å². The van der Waals surface area contributed by atoms with Gasteiger partial charge in [-0.05, 0) is 12.8 Å².